The minimum Gasteiger partial charge on any atom is -0.508 e. The highest BCUT2D eigenvalue weighted by Gasteiger charge is 2.17. The molecule has 8 nitrogen and oxygen atoms in total. The number of nitrogens with one attached hydrogen (secondary N) is 1. The SMILES string of the molecule is COc1cc2c(cc1NC(=O)COC(=O)c1cc(O)ccc1N)oc1ccccc12. The Morgan fingerprint density at radius 1 is 1.07 bits per heavy atom. The van der Waals surface area contributed by atoms with E-state index in [1.54, 1.807) is 12.1 Å². The number of aromatic hydroxyl groups is 1. The van der Waals surface area contributed by atoms with Crippen molar-refractivity contribution in [1.29, 1.82) is 0 Å². The molecule has 1 heterocycles. The van der Waals surface area contributed by atoms with E-state index >= 15 is 0 Å². The molecule has 1 aromatic heterocycles. The summed E-state index contributed by atoms with van der Waals surface area (Å²) in [7, 11) is 1.49. The summed E-state index contributed by atoms with van der Waals surface area (Å²) < 4.78 is 16.2. The molecule has 4 rings (SSSR count). The van der Waals surface area contributed by atoms with Crippen molar-refractivity contribution in [2.24, 2.45) is 0 Å². The van der Waals surface area contributed by atoms with Crippen LogP contribution in [0.4, 0.5) is 11.4 Å². The molecule has 4 aromatic rings. The van der Waals surface area contributed by atoms with Crippen LogP contribution in [0.2, 0.25) is 0 Å². The predicted molar refractivity (Wildman–Crippen MR) is 112 cm³/mol. The van der Waals surface area contributed by atoms with Crippen LogP contribution in [0.3, 0.4) is 0 Å². The van der Waals surface area contributed by atoms with Crippen LogP contribution in [0.5, 0.6) is 11.5 Å². The maximum Gasteiger partial charge on any atom is 0.340 e. The second kappa shape index (κ2) is 7.67. The number of rotatable bonds is 5. The third kappa shape index (κ3) is 3.58. The first-order chi connectivity index (χ1) is 14.5. The summed E-state index contributed by atoms with van der Waals surface area (Å²) in [6.07, 6.45) is 0. The van der Waals surface area contributed by atoms with Gasteiger partial charge in [-0.3, -0.25) is 4.79 Å². The number of phenols is 1. The van der Waals surface area contributed by atoms with Gasteiger partial charge in [-0.1, -0.05) is 18.2 Å². The van der Waals surface area contributed by atoms with Crippen molar-refractivity contribution in [2.75, 3.05) is 24.8 Å². The molecular formula is C22H18N2O6. The number of carbonyl (C=O) groups excluding carboxylic acids is 2. The molecule has 0 saturated heterocycles. The Balaban J connectivity index is 1.51. The quantitative estimate of drug-likeness (QED) is 0.262. The van der Waals surface area contributed by atoms with Gasteiger partial charge in [0.2, 0.25) is 0 Å². The molecule has 0 fully saturated rings. The second-order valence-electron chi connectivity index (χ2n) is 6.54. The zero-order valence-electron chi connectivity index (χ0n) is 16.0. The Morgan fingerprint density at radius 2 is 1.87 bits per heavy atom. The normalized spacial score (nSPS) is 10.8. The van der Waals surface area contributed by atoms with Gasteiger partial charge in [0, 0.05) is 22.5 Å². The largest absolute Gasteiger partial charge is 0.508 e. The third-order valence-electron chi connectivity index (χ3n) is 4.56. The van der Waals surface area contributed by atoms with Gasteiger partial charge in [-0.2, -0.15) is 0 Å². The van der Waals surface area contributed by atoms with Gasteiger partial charge in [0.05, 0.1) is 18.4 Å². The minimum atomic E-state index is -0.821. The number of nitrogen functional groups attached to an aromatic ring is 1. The molecule has 0 unspecified atom stereocenters. The Hall–Kier alpha value is -4.20. The number of nitrogens with two attached hydrogens (primary N) is 1. The lowest BCUT2D eigenvalue weighted by molar-refractivity contribution is -0.119. The van der Waals surface area contributed by atoms with Crippen molar-refractivity contribution >= 4 is 45.2 Å². The fourth-order valence-corrected chi connectivity index (χ4v) is 3.13. The van der Waals surface area contributed by atoms with E-state index in [-0.39, 0.29) is 17.0 Å². The molecule has 0 spiro atoms. The standard InChI is InChI=1S/C22H18N2O6/c1-28-20-9-14-13-4-2-3-5-18(13)30-19(14)10-17(20)24-21(26)11-29-22(27)15-8-12(25)6-7-16(15)23/h2-10,25H,11,23H2,1H3,(H,24,26). The Bertz CT molecular complexity index is 1280. The third-order valence-corrected chi connectivity index (χ3v) is 4.56. The molecule has 4 N–H and O–H groups in total. The van der Waals surface area contributed by atoms with Gasteiger partial charge >= 0.3 is 5.97 Å². The smallest absolute Gasteiger partial charge is 0.340 e. The van der Waals surface area contributed by atoms with Gasteiger partial charge in [-0.15, -0.1) is 0 Å². The number of furan rings is 1. The van der Waals surface area contributed by atoms with Gasteiger partial charge in [0.1, 0.15) is 22.7 Å². The molecular weight excluding hydrogens is 388 g/mol. The number of fused-ring (bicyclic) bond motifs is 3. The summed E-state index contributed by atoms with van der Waals surface area (Å²) in [5, 5.41) is 13.9. The number of ether oxygens (including phenoxy) is 2. The van der Waals surface area contributed by atoms with Gasteiger partial charge in [0.25, 0.3) is 5.91 Å². The average molecular weight is 406 g/mol. The van der Waals surface area contributed by atoms with E-state index in [0.717, 1.165) is 16.4 Å². The first kappa shape index (κ1) is 19.1. The second-order valence-corrected chi connectivity index (χ2v) is 6.54. The van der Waals surface area contributed by atoms with E-state index in [4.69, 9.17) is 19.6 Å². The maximum atomic E-state index is 12.3. The lowest BCUT2D eigenvalue weighted by Gasteiger charge is -2.11. The lowest BCUT2D eigenvalue weighted by Crippen LogP contribution is -2.21. The van der Waals surface area contributed by atoms with Crippen LogP contribution < -0.4 is 15.8 Å². The van der Waals surface area contributed by atoms with Gasteiger partial charge in [-0.05, 0) is 30.3 Å². The molecule has 0 aliphatic carbocycles. The number of amides is 1. The fraction of sp³-hybridized carbons (Fsp3) is 0.0909. The Labute approximate surface area is 170 Å². The van der Waals surface area contributed by atoms with Crippen molar-refractivity contribution in [3.63, 3.8) is 0 Å². The van der Waals surface area contributed by atoms with Crippen molar-refractivity contribution in [1.82, 2.24) is 0 Å². The molecule has 0 saturated carbocycles. The highest BCUT2D eigenvalue weighted by atomic mass is 16.5. The van der Waals surface area contributed by atoms with Crippen LogP contribution >= 0.6 is 0 Å². The van der Waals surface area contributed by atoms with Gasteiger partial charge < -0.3 is 30.0 Å². The van der Waals surface area contributed by atoms with Crippen LogP contribution in [0.25, 0.3) is 21.9 Å². The summed E-state index contributed by atoms with van der Waals surface area (Å²) in [6, 6.07) is 14.9. The van der Waals surface area contributed by atoms with Crippen molar-refractivity contribution in [2.45, 2.75) is 0 Å². The average Bonchev–Trinajstić information content (AvgIpc) is 3.10. The first-order valence-electron chi connectivity index (χ1n) is 9.01. The number of para-hydroxylation sites is 1. The first-order valence-corrected chi connectivity index (χ1v) is 9.01. The lowest BCUT2D eigenvalue weighted by atomic mass is 10.1. The van der Waals surface area contributed by atoms with Gasteiger partial charge in [0.15, 0.2) is 6.61 Å². The number of anilines is 2. The van der Waals surface area contributed by atoms with Crippen LogP contribution in [-0.4, -0.2) is 30.7 Å². The van der Waals surface area contributed by atoms with E-state index in [0.29, 0.717) is 17.0 Å². The number of phenolic OH excluding ortho intramolecular Hbond substituents is 1. The van der Waals surface area contributed by atoms with E-state index < -0.39 is 18.5 Å². The number of hydrogen-bond acceptors (Lipinski definition) is 7. The molecule has 0 radical (unpaired) electrons. The predicted octanol–water partition coefficient (Wildman–Crippen LogP) is 3.68. The topological polar surface area (TPSA) is 124 Å². The van der Waals surface area contributed by atoms with Crippen molar-refractivity contribution in [3.8, 4) is 11.5 Å². The molecule has 1 amide bonds. The van der Waals surface area contributed by atoms with E-state index in [1.165, 1.54) is 25.3 Å². The monoisotopic (exact) mass is 406 g/mol. The summed E-state index contributed by atoms with van der Waals surface area (Å²) >= 11 is 0. The molecule has 152 valence electrons. The highest BCUT2D eigenvalue weighted by molar-refractivity contribution is 6.08. The number of hydrogen-bond donors (Lipinski definition) is 3. The zero-order valence-corrected chi connectivity index (χ0v) is 16.0. The van der Waals surface area contributed by atoms with Crippen molar-refractivity contribution < 1.29 is 28.6 Å². The number of methoxy groups -OCH3 is 1. The molecule has 0 bridgehead atoms. The summed E-state index contributed by atoms with van der Waals surface area (Å²) in [4.78, 5) is 24.5. The van der Waals surface area contributed by atoms with Crippen molar-refractivity contribution in [3.05, 3.63) is 60.2 Å². The number of carbonyl (C=O) groups is 2. The maximum absolute atomic E-state index is 12.3. The van der Waals surface area contributed by atoms with Crippen LogP contribution in [-0.2, 0) is 9.53 Å². The fourth-order valence-electron chi connectivity index (χ4n) is 3.13. The molecule has 8 heteroatoms. The van der Waals surface area contributed by atoms with E-state index in [2.05, 4.69) is 5.32 Å². The molecule has 3 aromatic carbocycles. The van der Waals surface area contributed by atoms with E-state index in [1.807, 2.05) is 24.3 Å². The summed E-state index contributed by atoms with van der Waals surface area (Å²) in [6.45, 7) is -0.546. The molecule has 0 aliphatic rings. The molecule has 30 heavy (non-hydrogen) atoms. The van der Waals surface area contributed by atoms with Crippen LogP contribution in [0.1, 0.15) is 10.4 Å². The van der Waals surface area contributed by atoms with Crippen LogP contribution in [0, 0.1) is 0 Å². The summed E-state index contributed by atoms with van der Waals surface area (Å²) in [5.74, 6) is -1.09. The van der Waals surface area contributed by atoms with E-state index in [9.17, 15) is 14.7 Å². The Morgan fingerprint density at radius 3 is 2.67 bits per heavy atom. The minimum absolute atomic E-state index is 0.0240. The Kier molecular flexibility index (Phi) is 4.89. The number of benzene rings is 3. The van der Waals surface area contributed by atoms with Gasteiger partial charge in [-0.25, -0.2) is 4.79 Å². The number of esters is 1. The molecule has 0 aliphatic heterocycles. The highest BCUT2D eigenvalue weighted by Crippen LogP contribution is 2.36. The molecule has 0 atom stereocenters. The summed E-state index contributed by atoms with van der Waals surface area (Å²) in [5.41, 5.74) is 7.49. The zero-order chi connectivity index (χ0) is 21.3. The van der Waals surface area contributed by atoms with Crippen LogP contribution in [0.15, 0.2) is 59.0 Å².